The Morgan fingerprint density at radius 3 is 2.14 bits per heavy atom. The molecule has 0 radical (unpaired) electrons. The zero-order valence-electron chi connectivity index (χ0n) is 12.3. The van der Waals surface area contributed by atoms with Crippen molar-refractivity contribution in [1.29, 1.82) is 0 Å². The highest BCUT2D eigenvalue weighted by molar-refractivity contribution is 5.61. The van der Waals surface area contributed by atoms with Crippen LogP contribution in [-0.2, 0) is 14.2 Å². The molecule has 0 aromatic rings. The molecule has 0 spiro atoms. The number of aliphatic hydroxyl groups is 1. The lowest BCUT2D eigenvalue weighted by Crippen LogP contribution is -2.41. The average Bonchev–Trinajstić information content (AvgIpc) is 3.04. The fourth-order valence-electron chi connectivity index (χ4n) is 4.11. The van der Waals surface area contributed by atoms with Crippen molar-refractivity contribution in [3.63, 3.8) is 0 Å². The van der Waals surface area contributed by atoms with E-state index in [1.807, 2.05) is 0 Å². The van der Waals surface area contributed by atoms with Gasteiger partial charge in [-0.15, -0.1) is 0 Å². The molecule has 0 aliphatic heterocycles. The molecule has 3 fully saturated rings. The molecular formula is C15H22O7. The number of hydrogen-bond acceptors (Lipinski definition) is 6. The van der Waals surface area contributed by atoms with Crippen LogP contribution < -0.4 is 0 Å². The van der Waals surface area contributed by atoms with Gasteiger partial charge in [-0.25, -0.2) is 9.59 Å². The maximum absolute atomic E-state index is 12.0. The Morgan fingerprint density at radius 2 is 1.50 bits per heavy atom. The van der Waals surface area contributed by atoms with E-state index >= 15 is 0 Å². The number of rotatable bonds is 3. The first-order valence-electron chi connectivity index (χ1n) is 7.99. The van der Waals surface area contributed by atoms with Gasteiger partial charge < -0.3 is 24.4 Å². The third-order valence-corrected chi connectivity index (χ3v) is 5.15. The largest absolute Gasteiger partial charge is 0.509 e. The Labute approximate surface area is 128 Å². The second-order valence-electron chi connectivity index (χ2n) is 6.52. The van der Waals surface area contributed by atoms with Gasteiger partial charge in [0, 0.05) is 11.8 Å². The minimum atomic E-state index is -1.35. The number of carbonyl (C=O) groups is 2. The summed E-state index contributed by atoms with van der Waals surface area (Å²) < 4.78 is 15.5. The molecule has 0 saturated heterocycles. The van der Waals surface area contributed by atoms with Crippen molar-refractivity contribution in [3.05, 3.63) is 0 Å². The minimum absolute atomic E-state index is 0.124. The van der Waals surface area contributed by atoms with E-state index in [0.717, 1.165) is 32.1 Å². The van der Waals surface area contributed by atoms with Crippen LogP contribution in [0, 0.1) is 11.8 Å². The summed E-state index contributed by atoms with van der Waals surface area (Å²) in [5.41, 5.74) is 0. The van der Waals surface area contributed by atoms with E-state index in [2.05, 4.69) is 0 Å². The molecule has 6 unspecified atom stereocenters. The van der Waals surface area contributed by atoms with Crippen LogP contribution >= 0.6 is 0 Å². The molecule has 3 rings (SSSR count). The number of fused-ring (bicyclic) bond motifs is 2. The van der Waals surface area contributed by atoms with Crippen LogP contribution in [0.5, 0.6) is 0 Å². The van der Waals surface area contributed by atoms with E-state index in [-0.39, 0.29) is 11.8 Å². The van der Waals surface area contributed by atoms with Gasteiger partial charge in [-0.1, -0.05) is 6.42 Å². The van der Waals surface area contributed by atoms with Crippen molar-refractivity contribution in [2.45, 2.75) is 69.4 Å². The molecule has 3 aliphatic carbocycles. The van der Waals surface area contributed by atoms with Crippen molar-refractivity contribution < 1.29 is 34.0 Å². The number of ether oxygens (including phenoxy) is 3. The smallest absolute Gasteiger partial charge is 0.450 e. The summed E-state index contributed by atoms with van der Waals surface area (Å²) in [6.45, 7) is 0. The summed E-state index contributed by atoms with van der Waals surface area (Å²) in [5.74, 6) is 0.261. The molecule has 7 nitrogen and oxygen atoms in total. The first-order valence-corrected chi connectivity index (χ1v) is 7.99. The lowest BCUT2D eigenvalue weighted by molar-refractivity contribution is -0.0943. The molecule has 6 atom stereocenters. The third kappa shape index (κ3) is 3.14. The Bertz CT molecular complexity index is 438. The molecule has 3 saturated carbocycles. The van der Waals surface area contributed by atoms with Crippen LogP contribution in [0.3, 0.4) is 0 Å². The monoisotopic (exact) mass is 314 g/mol. The fraction of sp³-hybridized carbons (Fsp3) is 0.867. The molecule has 0 aromatic heterocycles. The quantitative estimate of drug-likeness (QED) is 0.770. The molecular weight excluding hydrogens is 292 g/mol. The first kappa shape index (κ1) is 15.4. The third-order valence-electron chi connectivity index (χ3n) is 5.15. The summed E-state index contributed by atoms with van der Waals surface area (Å²) in [5, 5.41) is 18.6. The average molecular weight is 314 g/mol. The van der Waals surface area contributed by atoms with Crippen molar-refractivity contribution in [3.8, 4) is 0 Å². The maximum atomic E-state index is 12.0. The Hall–Kier alpha value is -1.50. The van der Waals surface area contributed by atoms with Crippen LogP contribution in [0.1, 0.15) is 44.9 Å². The highest BCUT2D eigenvalue weighted by atomic mass is 16.7. The van der Waals surface area contributed by atoms with E-state index in [4.69, 9.17) is 19.3 Å². The van der Waals surface area contributed by atoms with Gasteiger partial charge in [0.1, 0.15) is 18.3 Å². The van der Waals surface area contributed by atoms with Crippen LogP contribution in [0.15, 0.2) is 0 Å². The standard InChI is InChI=1S/C15H22O7/c16-10-3-1-2-4-11(10)20-15(19)22-13-9-6-5-8(7-9)12(13)21-14(17)18/h8-13,16H,1-7H2,(H,17,18). The van der Waals surface area contributed by atoms with E-state index < -0.39 is 36.7 Å². The zero-order chi connectivity index (χ0) is 15.7. The Morgan fingerprint density at radius 1 is 0.864 bits per heavy atom. The number of hydrogen-bond donors (Lipinski definition) is 2. The van der Waals surface area contributed by atoms with E-state index in [0.29, 0.717) is 12.8 Å². The summed E-state index contributed by atoms with van der Waals surface area (Å²) in [7, 11) is 0. The van der Waals surface area contributed by atoms with Gasteiger partial charge in [0.05, 0.1) is 6.10 Å². The number of aliphatic hydroxyl groups excluding tert-OH is 1. The fourth-order valence-corrected chi connectivity index (χ4v) is 4.11. The lowest BCUT2D eigenvalue weighted by atomic mass is 9.94. The predicted octanol–water partition coefficient (Wildman–Crippen LogP) is 2.30. The van der Waals surface area contributed by atoms with Crippen molar-refractivity contribution >= 4 is 12.3 Å². The van der Waals surface area contributed by atoms with Gasteiger partial charge >= 0.3 is 12.3 Å². The number of carbonyl (C=O) groups excluding carboxylic acids is 1. The summed E-state index contributed by atoms with van der Waals surface area (Å²) in [6, 6.07) is 0. The summed E-state index contributed by atoms with van der Waals surface area (Å²) in [6.07, 6.45) is 1.21. The van der Waals surface area contributed by atoms with Gasteiger partial charge in [-0.3, -0.25) is 0 Å². The van der Waals surface area contributed by atoms with Crippen molar-refractivity contribution in [1.82, 2.24) is 0 Å². The second kappa shape index (κ2) is 6.32. The summed E-state index contributed by atoms with van der Waals surface area (Å²) in [4.78, 5) is 22.8. The maximum Gasteiger partial charge on any atom is 0.509 e. The molecule has 22 heavy (non-hydrogen) atoms. The molecule has 0 heterocycles. The van der Waals surface area contributed by atoms with Crippen molar-refractivity contribution in [2.75, 3.05) is 0 Å². The van der Waals surface area contributed by atoms with Gasteiger partial charge in [-0.05, 0) is 38.5 Å². The molecule has 7 heteroatoms. The molecule has 2 bridgehead atoms. The molecule has 2 N–H and O–H groups in total. The van der Waals surface area contributed by atoms with Crippen molar-refractivity contribution in [2.24, 2.45) is 11.8 Å². The SMILES string of the molecule is O=C(O)OC1C2CCC(C2)C1OC(=O)OC1CCCCC1O. The van der Waals surface area contributed by atoms with Crippen LogP contribution in [0.4, 0.5) is 9.59 Å². The van der Waals surface area contributed by atoms with Gasteiger partial charge in [0.25, 0.3) is 0 Å². The van der Waals surface area contributed by atoms with Gasteiger partial charge in [-0.2, -0.15) is 0 Å². The topological polar surface area (TPSA) is 102 Å². The van der Waals surface area contributed by atoms with Gasteiger partial charge in [0.15, 0.2) is 0 Å². The van der Waals surface area contributed by atoms with Gasteiger partial charge in [0.2, 0.25) is 0 Å². The van der Waals surface area contributed by atoms with E-state index in [1.54, 1.807) is 0 Å². The first-order chi connectivity index (χ1) is 10.5. The Kier molecular flexibility index (Phi) is 4.42. The highest BCUT2D eigenvalue weighted by Gasteiger charge is 2.52. The van der Waals surface area contributed by atoms with Crippen LogP contribution in [-0.4, -0.2) is 46.9 Å². The number of carboxylic acid groups (broad SMARTS) is 1. The second-order valence-corrected chi connectivity index (χ2v) is 6.52. The van der Waals surface area contributed by atoms with E-state index in [1.165, 1.54) is 0 Å². The normalized spacial score (nSPS) is 40.2. The molecule has 124 valence electrons. The zero-order valence-corrected chi connectivity index (χ0v) is 12.3. The van der Waals surface area contributed by atoms with Crippen LogP contribution in [0.25, 0.3) is 0 Å². The van der Waals surface area contributed by atoms with Crippen LogP contribution in [0.2, 0.25) is 0 Å². The molecule has 3 aliphatic rings. The molecule has 0 aromatic carbocycles. The van der Waals surface area contributed by atoms with E-state index in [9.17, 15) is 14.7 Å². The lowest BCUT2D eigenvalue weighted by Gasteiger charge is -2.31. The Balaban J connectivity index is 1.56. The highest BCUT2D eigenvalue weighted by Crippen LogP contribution is 2.47. The molecule has 0 amide bonds. The summed E-state index contributed by atoms with van der Waals surface area (Å²) >= 11 is 0. The predicted molar refractivity (Wildman–Crippen MR) is 73.3 cm³/mol. The minimum Gasteiger partial charge on any atom is -0.450 e.